The maximum absolute atomic E-state index is 13.1. The summed E-state index contributed by atoms with van der Waals surface area (Å²) in [5.41, 5.74) is 4.32. The van der Waals surface area contributed by atoms with Crippen molar-refractivity contribution in [1.82, 2.24) is 14.9 Å². The van der Waals surface area contributed by atoms with Crippen molar-refractivity contribution in [2.45, 2.75) is 25.9 Å². The highest BCUT2D eigenvalue weighted by atomic mass is 31.2. The first-order valence-corrected chi connectivity index (χ1v) is 15.3. The van der Waals surface area contributed by atoms with Gasteiger partial charge in [0.1, 0.15) is 30.4 Å². The molecule has 0 bridgehead atoms. The number of carbonyl (C=O) groups is 1. The number of methoxy groups -OCH3 is 1. The van der Waals surface area contributed by atoms with Crippen LogP contribution >= 0.6 is 7.14 Å². The lowest BCUT2D eigenvalue weighted by atomic mass is 10.1. The van der Waals surface area contributed by atoms with E-state index < -0.39 is 7.14 Å². The molecule has 1 amide bonds. The third-order valence-electron chi connectivity index (χ3n) is 6.91. The lowest BCUT2D eigenvalue weighted by Gasteiger charge is -2.31. The molecule has 8 nitrogen and oxygen atoms in total. The van der Waals surface area contributed by atoms with Crippen LogP contribution in [0.5, 0.6) is 11.5 Å². The van der Waals surface area contributed by atoms with Crippen molar-refractivity contribution < 1.29 is 18.8 Å². The molecule has 2 aromatic carbocycles. The maximum Gasteiger partial charge on any atom is 0.219 e. The van der Waals surface area contributed by atoms with Crippen molar-refractivity contribution in [3.05, 3.63) is 60.8 Å². The number of aromatic nitrogens is 2. The van der Waals surface area contributed by atoms with Gasteiger partial charge in [-0.15, -0.1) is 0 Å². The molecule has 1 fully saturated rings. The van der Waals surface area contributed by atoms with Crippen LogP contribution in [0.4, 0.5) is 11.4 Å². The minimum atomic E-state index is -2.62. The number of rotatable bonds is 7. The molecule has 0 aliphatic carbocycles. The van der Waals surface area contributed by atoms with E-state index in [2.05, 4.69) is 21.4 Å². The number of benzene rings is 2. The van der Waals surface area contributed by atoms with E-state index in [1.54, 1.807) is 33.6 Å². The summed E-state index contributed by atoms with van der Waals surface area (Å²) in [6.07, 6.45) is 3.54. The standard InChI is InChI=1S/C29H33N4O4P/c1-19(34)33-16-13-22(14-17-33)37-21-10-8-20(9-11-21)26-18-23-24(12-15-30-29(23)32-26)31-25-6-5-7-27(36-2)28(25)38(3,4)35/h5-12,15,18,22H,13-14,16-17H2,1-4H3,(H2,30,31,32). The second-order valence-electron chi connectivity index (χ2n) is 9.98. The number of carbonyl (C=O) groups excluding carboxylic acids is 1. The molecule has 38 heavy (non-hydrogen) atoms. The van der Waals surface area contributed by atoms with Crippen LogP contribution in [0.1, 0.15) is 19.8 Å². The largest absolute Gasteiger partial charge is 0.496 e. The van der Waals surface area contributed by atoms with Gasteiger partial charge >= 0.3 is 0 Å². The Morgan fingerprint density at radius 3 is 2.47 bits per heavy atom. The van der Waals surface area contributed by atoms with Crippen LogP contribution in [0.3, 0.4) is 0 Å². The molecule has 0 atom stereocenters. The topological polar surface area (TPSA) is 96.6 Å². The van der Waals surface area contributed by atoms with Crippen LogP contribution in [-0.2, 0) is 9.36 Å². The first kappa shape index (κ1) is 25.9. The second-order valence-corrected chi connectivity index (χ2v) is 13.1. The van der Waals surface area contributed by atoms with Gasteiger partial charge in [0.05, 0.1) is 23.8 Å². The van der Waals surface area contributed by atoms with Crippen molar-refractivity contribution in [2.75, 3.05) is 38.8 Å². The molecule has 2 N–H and O–H groups in total. The molecule has 0 unspecified atom stereocenters. The van der Waals surface area contributed by atoms with Gasteiger partial charge in [0.15, 0.2) is 0 Å². The number of aromatic amines is 1. The average Bonchev–Trinajstić information content (AvgIpc) is 3.34. The zero-order chi connectivity index (χ0) is 26.9. The van der Waals surface area contributed by atoms with Gasteiger partial charge in [-0.05, 0) is 67.4 Å². The number of anilines is 2. The van der Waals surface area contributed by atoms with Gasteiger partial charge in [-0.2, -0.15) is 0 Å². The molecule has 1 saturated heterocycles. The molecular formula is C29H33N4O4P. The summed E-state index contributed by atoms with van der Waals surface area (Å²) >= 11 is 0. The molecule has 1 aliphatic heterocycles. The summed E-state index contributed by atoms with van der Waals surface area (Å²) in [6, 6.07) is 17.6. The van der Waals surface area contributed by atoms with Gasteiger partial charge in [-0.25, -0.2) is 4.98 Å². The highest BCUT2D eigenvalue weighted by Gasteiger charge is 2.23. The molecule has 0 saturated carbocycles. The fourth-order valence-corrected chi connectivity index (χ4v) is 6.38. The number of fused-ring (bicyclic) bond motifs is 1. The van der Waals surface area contributed by atoms with Crippen LogP contribution in [0.2, 0.25) is 0 Å². The molecule has 2 aromatic heterocycles. The first-order chi connectivity index (χ1) is 18.2. The highest BCUT2D eigenvalue weighted by Crippen LogP contribution is 2.43. The quantitative estimate of drug-likeness (QED) is 0.300. The zero-order valence-corrected chi connectivity index (χ0v) is 23.0. The Hall–Kier alpha value is -3.77. The number of hydrogen-bond donors (Lipinski definition) is 2. The number of hydrogen-bond acceptors (Lipinski definition) is 6. The lowest BCUT2D eigenvalue weighted by molar-refractivity contribution is -0.130. The summed E-state index contributed by atoms with van der Waals surface area (Å²) in [6.45, 7) is 6.58. The first-order valence-electron chi connectivity index (χ1n) is 12.7. The number of nitrogens with zero attached hydrogens (tertiary/aromatic N) is 2. The predicted molar refractivity (Wildman–Crippen MR) is 153 cm³/mol. The van der Waals surface area contributed by atoms with Crippen LogP contribution in [-0.4, -0.2) is 60.4 Å². The van der Waals surface area contributed by atoms with Crippen molar-refractivity contribution in [3.63, 3.8) is 0 Å². The maximum atomic E-state index is 13.1. The Bertz CT molecular complexity index is 1500. The predicted octanol–water partition coefficient (Wildman–Crippen LogP) is 5.62. The monoisotopic (exact) mass is 532 g/mol. The smallest absolute Gasteiger partial charge is 0.219 e. The van der Waals surface area contributed by atoms with Crippen LogP contribution < -0.4 is 20.1 Å². The molecule has 0 radical (unpaired) electrons. The molecule has 198 valence electrons. The number of ether oxygens (including phenoxy) is 2. The molecule has 4 aromatic rings. The van der Waals surface area contributed by atoms with Crippen LogP contribution in [0.15, 0.2) is 60.8 Å². The van der Waals surface area contributed by atoms with Gasteiger partial charge in [-0.1, -0.05) is 6.07 Å². The summed E-state index contributed by atoms with van der Waals surface area (Å²) in [5, 5.41) is 5.08. The number of nitrogens with one attached hydrogen (secondary N) is 2. The molecular weight excluding hydrogens is 499 g/mol. The van der Waals surface area contributed by atoms with Gasteiger partial charge in [-0.3, -0.25) is 4.79 Å². The summed E-state index contributed by atoms with van der Waals surface area (Å²) < 4.78 is 24.8. The van der Waals surface area contributed by atoms with E-state index in [9.17, 15) is 9.36 Å². The number of piperidine rings is 1. The normalized spacial score (nSPS) is 14.5. The van der Waals surface area contributed by atoms with E-state index in [1.165, 1.54) is 0 Å². The molecule has 3 heterocycles. The number of pyridine rings is 1. The highest BCUT2D eigenvalue weighted by molar-refractivity contribution is 7.70. The van der Waals surface area contributed by atoms with Gasteiger partial charge in [0, 0.05) is 50.1 Å². The van der Waals surface area contributed by atoms with Crippen molar-refractivity contribution in [3.8, 4) is 22.8 Å². The van der Waals surface area contributed by atoms with E-state index in [4.69, 9.17) is 9.47 Å². The van der Waals surface area contributed by atoms with E-state index in [0.717, 1.165) is 65.3 Å². The van der Waals surface area contributed by atoms with Crippen LogP contribution in [0, 0.1) is 0 Å². The van der Waals surface area contributed by atoms with E-state index >= 15 is 0 Å². The average molecular weight is 533 g/mol. The molecule has 9 heteroatoms. The molecule has 5 rings (SSSR count). The summed E-state index contributed by atoms with van der Waals surface area (Å²) in [5.74, 6) is 1.55. The van der Waals surface area contributed by atoms with E-state index in [-0.39, 0.29) is 12.0 Å². The number of likely N-dealkylation sites (tertiary alicyclic amines) is 1. The van der Waals surface area contributed by atoms with E-state index in [0.29, 0.717) is 11.1 Å². The van der Waals surface area contributed by atoms with Crippen molar-refractivity contribution >= 4 is 40.8 Å². The minimum absolute atomic E-state index is 0.116. The van der Waals surface area contributed by atoms with Gasteiger partial charge < -0.3 is 29.2 Å². The van der Waals surface area contributed by atoms with Gasteiger partial charge in [0.2, 0.25) is 5.91 Å². The molecule has 0 spiro atoms. The Kier molecular flexibility index (Phi) is 7.17. The van der Waals surface area contributed by atoms with Crippen molar-refractivity contribution in [1.29, 1.82) is 0 Å². The Balaban J connectivity index is 1.36. The van der Waals surface area contributed by atoms with E-state index in [1.807, 2.05) is 53.4 Å². The number of H-pyrrole nitrogens is 1. The summed E-state index contributed by atoms with van der Waals surface area (Å²) in [7, 11) is -1.02. The fourth-order valence-electron chi connectivity index (χ4n) is 4.97. The van der Waals surface area contributed by atoms with Crippen molar-refractivity contribution in [2.24, 2.45) is 0 Å². The third kappa shape index (κ3) is 5.41. The third-order valence-corrected chi connectivity index (χ3v) is 8.45. The number of amides is 1. The summed E-state index contributed by atoms with van der Waals surface area (Å²) in [4.78, 5) is 21.4. The Morgan fingerprint density at radius 2 is 1.82 bits per heavy atom. The molecule has 1 aliphatic rings. The zero-order valence-electron chi connectivity index (χ0n) is 22.2. The second kappa shape index (κ2) is 10.5. The Labute approximate surface area is 222 Å². The fraction of sp³-hybridized carbons (Fsp3) is 0.310. The minimum Gasteiger partial charge on any atom is -0.496 e. The Morgan fingerprint density at radius 1 is 1.08 bits per heavy atom. The SMILES string of the molecule is COc1cccc(Nc2ccnc3[nH]c(-c4ccc(OC5CCN(C(C)=O)CC5)cc4)cc23)c1P(C)(C)=O. The lowest BCUT2D eigenvalue weighted by Crippen LogP contribution is -2.40. The van der Waals surface area contributed by atoms with Crippen LogP contribution in [0.25, 0.3) is 22.3 Å². The van der Waals surface area contributed by atoms with Gasteiger partial charge in [0.25, 0.3) is 0 Å².